The van der Waals surface area contributed by atoms with E-state index in [9.17, 15) is 0 Å². The zero-order valence-corrected chi connectivity index (χ0v) is 17.7. The molecule has 2 heterocycles. The molecule has 1 saturated heterocycles. The number of nitrogens with zero attached hydrogens (tertiary/aromatic N) is 3. The molecule has 3 rings (SSSR count). The summed E-state index contributed by atoms with van der Waals surface area (Å²) in [5.41, 5.74) is 2.12. The Balaban J connectivity index is 1.52. The summed E-state index contributed by atoms with van der Waals surface area (Å²) >= 11 is 6.12. The van der Waals surface area contributed by atoms with Crippen LogP contribution in [0.5, 0.6) is 5.88 Å². The zero-order valence-electron chi connectivity index (χ0n) is 16.9. The highest BCUT2D eigenvalue weighted by Crippen LogP contribution is 2.23. The summed E-state index contributed by atoms with van der Waals surface area (Å²) in [5, 5.41) is 7.62. The molecule has 0 saturated carbocycles. The molecule has 1 aromatic heterocycles. The average molecular weight is 418 g/mol. The van der Waals surface area contributed by atoms with Gasteiger partial charge in [-0.15, -0.1) is 0 Å². The van der Waals surface area contributed by atoms with Crippen LogP contribution in [0.2, 0.25) is 5.02 Å². The highest BCUT2D eigenvalue weighted by atomic mass is 35.5. The van der Waals surface area contributed by atoms with E-state index >= 15 is 0 Å². The van der Waals surface area contributed by atoms with Gasteiger partial charge in [0.05, 0.1) is 6.61 Å². The highest BCUT2D eigenvalue weighted by Gasteiger charge is 2.23. The van der Waals surface area contributed by atoms with Gasteiger partial charge in [0.1, 0.15) is 6.61 Å². The van der Waals surface area contributed by atoms with E-state index in [-0.39, 0.29) is 0 Å². The summed E-state index contributed by atoms with van der Waals surface area (Å²) in [6.45, 7) is 3.45. The van der Waals surface area contributed by atoms with Crippen molar-refractivity contribution in [2.75, 3.05) is 45.4 Å². The number of methoxy groups -OCH3 is 1. The number of halogens is 1. The van der Waals surface area contributed by atoms with E-state index in [2.05, 4.69) is 31.6 Å². The number of guanidine groups is 1. The average Bonchev–Trinajstić information content (AvgIpc) is 3.21. The van der Waals surface area contributed by atoms with E-state index < -0.39 is 0 Å². The highest BCUT2D eigenvalue weighted by molar-refractivity contribution is 6.30. The number of aromatic nitrogens is 1. The topological polar surface area (TPSA) is 71.0 Å². The summed E-state index contributed by atoms with van der Waals surface area (Å²) in [6, 6.07) is 12.2. The molecule has 1 aliphatic rings. The summed E-state index contributed by atoms with van der Waals surface area (Å²) in [7, 11) is 3.43. The van der Waals surface area contributed by atoms with Crippen molar-refractivity contribution in [3.05, 3.63) is 53.2 Å². The molecular weight excluding hydrogens is 390 g/mol. The van der Waals surface area contributed by atoms with E-state index in [1.54, 1.807) is 20.4 Å². The van der Waals surface area contributed by atoms with Gasteiger partial charge in [-0.25, -0.2) is 4.98 Å². The number of rotatable bonds is 8. The maximum Gasteiger partial charge on any atom is 0.218 e. The molecule has 7 nitrogen and oxygen atoms in total. The van der Waals surface area contributed by atoms with Crippen molar-refractivity contribution in [1.82, 2.24) is 15.6 Å². The van der Waals surface area contributed by atoms with Crippen molar-refractivity contribution in [2.24, 2.45) is 4.99 Å². The van der Waals surface area contributed by atoms with Crippen LogP contribution >= 0.6 is 11.6 Å². The lowest BCUT2D eigenvalue weighted by molar-refractivity contribution is 0.143. The number of benzene rings is 1. The van der Waals surface area contributed by atoms with E-state index in [1.165, 1.54) is 0 Å². The van der Waals surface area contributed by atoms with Crippen molar-refractivity contribution in [3.63, 3.8) is 0 Å². The van der Waals surface area contributed by atoms with Gasteiger partial charge in [0.2, 0.25) is 5.88 Å². The molecule has 0 bridgehead atoms. The predicted octanol–water partition coefficient (Wildman–Crippen LogP) is 2.70. The molecule has 1 aromatic carbocycles. The van der Waals surface area contributed by atoms with Crippen molar-refractivity contribution in [2.45, 2.75) is 19.0 Å². The number of aliphatic imine (C=N–C) groups is 1. The molecule has 0 amide bonds. The number of nitrogens with one attached hydrogen (secondary N) is 2. The summed E-state index contributed by atoms with van der Waals surface area (Å²) < 4.78 is 10.7. The van der Waals surface area contributed by atoms with Gasteiger partial charge in [-0.3, -0.25) is 4.99 Å². The Kier molecular flexibility index (Phi) is 7.95. The molecule has 2 aromatic rings. The third kappa shape index (κ3) is 6.24. The van der Waals surface area contributed by atoms with Crippen molar-refractivity contribution < 1.29 is 9.47 Å². The number of hydrogen-bond donors (Lipinski definition) is 2. The minimum atomic E-state index is 0.312. The Morgan fingerprint density at radius 3 is 3.00 bits per heavy atom. The Hall–Kier alpha value is -2.51. The van der Waals surface area contributed by atoms with E-state index in [0.29, 0.717) is 31.7 Å². The first kappa shape index (κ1) is 21.2. The molecule has 156 valence electrons. The van der Waals surface area contributed by atoms with Gasteiger partial charge in [-0.2, -0.15) is 0 Å². The van der Waals surface area contributed by atoms with Gasteiger partial charge >= 0.3 is 0 Å². The standard InChI is InChI=1S/C21H28ClN5O2/c1-23-21(25-14-16-5-4-9-24-20(16)29-12-11-28-2)26-18-8-10-27(15-18)19-7-3-6-17(22)13-19/h3-7,9,13,18H,8,10-12,14-15H2,1-2H3,(H2,23,25,26). The molecule has 1 fully saturated rings. The van der Waals surface area contributed by atoms with Gasteiger partial charge in [0, 0.05) is 62.3 Å². The molecule has 1 unspecified atom stereocenters. The Morgan fingerprint density at radius 1 is 1.31 bits per heavy atom. The van der Waals surface area contributed by atoms with Crippen LogP contribution in [0.1, 0.15) is 12.0 Å². The Bertz CT molecular complexity index is 817. The fourth-order valence-corrected chi connectivity index (χ4v) is 3.45. The lowest BCUT2D eigenvalue weighted by Crippen LogP contribution is -2.44. The second-order valence-electron chi connectivity index (χ2n) is 6.79. The second-order valence-corrected chi connectivity index (χ2v) is 7.23. The number of ether oxygens (including phenoxy) is 2. The first-order chi connectivity index (χ1) is 14.2. The largest absolute Gasteiger partial charge is 0.475 e. The van der Waals surface area contributed by atoms with Gasteiger partial charge in [0.15, 0.2) is 5.96 Å². The van der Waals surface area contributed by atoms with Crippen molar-refractivity contribution in [3.8, 4) is 5.88 Å². The quantitative estimate of drug-likeness (QED) is 0.391. The van der Waals surface area contributed by atoms with Crippen LogP contribution in [-0.4, -0.2) is 57.4 Å². The summed E-state index contributed by atoms with van der Waals surface area (Å²) in [5.74, 6) is 1.37. The number of hydrogen-bond acceptors (Lipinski definition) is 5. The molecule has 2 N–H and O–H groups in total. The fourth-order valence-electron chi connectivity index (χ4n) is 3.26. The molecule has 1 aliphatic heterocycles. The zero-order chi connectivity index (χ0) is 20.5. The van der Waals surface area contributed by atoms with Crippen LogP contribution in [0.25, 0.3) is 0 Å². The van der Waals surface area contributed by atoms with Crippen LogP contribution in [0, 0.1) is 0 Å². The molecule has 1 atom stereocenters. The number of pyridine rings is 1. The number of anilines is 1. The first-order valence-corrected chi connectivity index (χ1v) is 10.1. The van der Waals surface area contributed by atoms with Crippen LogP contribution in [-0.2, 0) is 11.3 Å². The predicted molar refractivity (Wildman–Crippen MR) is 117 cm³/mol. The fraction of sp³-hybridized carbons (Fsp3) is 0.429. The summed E-state index contributed by atoms with van der Waals surface area (Å²) in [4.78, 5) is 11.0. The second kappa shape index (κ2) is 10.9. The molecule has 0 spiro atoms. The molecule has 29 heavy (non-hydrogen) atoms. The smallest absolute Gasteiger partial charge is 0.218 e. The molecular formula is C21H28ClN5O2. The van der Waals surface area contributed by atoms with Gasteiger partial charge in [0.25, 0.3) is 0 Å². The van der Waals surface area contributed by atoms with Crippen LogP contribution < -0.4 is 20.3 Å². The lowest BCUT2D eigenvalue weighted by atomic mass is 10.2. The van der Waals surface area contributed by atoms with Crippen LogP contribution in [0.15, 0.2) is 47.6 Å². The van der Waals surface area contributed by atoms with E-state index in [4.69, 9.17) is 21.1 Å². The Labute approximate surface area is 177 Å². The summed E-state index contributed by atoms with van der Waals surface area (Å²) in [6.07, 6.45) is 2.76. The SMILES string of the molecule is CN=C(NCc1cccnc1OCCOC)NC1CCN(c2cccc(Cl)c2)C1. The first-order valence-electron chi connectivity index (χ1n) is 9.73. The minimum absolute atomic E-state index is 0.312. The molecule has 0 radical (unpaired) electrons. The van der Waals surface area contributed by atoms with Gasteiger partial charge in [-0.1, -0.05) is 23.7 Å². The van der Waals surface area contributed by atoms with Crippen molar-refractivity contribution in [1.29, 1.82) is 0 Å². The van der Waals surface area contributed by atoms with Crippen molar-refractivity contribution >= 4 is 23.2 Å². The third-order valence-corrected chi connectivity index (χ3v) is 4.98. The lowest BCUT2D eigenvalue weighted by Gasteiger charge is -2.21. The van der Waals surface area contributed by atoms with Gasteiger partial charge in [-0.05, 0) is 30.7 Å². The minimum Gasteiger partial charge on any atom is -0.475 e. The monoisotopic (exact) mass is 417 g/mol. The molecule has 0 aliphatic carbocycles. The third-order valence-electron chi connectivity index (χ3n) is 4.75. The maximum absolute atomic E-state index is 6.12. The molecule has 8 heteroatoms. The van der Waals surface area contributed by atoms with Crippen LogP contribution in [0.3, 0.4) is 0 Å². The maximum atomic E-state index is 6.12. The normalized spacial score (nSPS) is 16.7. The Morgan fingerprint density at radius 2 is 2.21 bits per heavy atom. The van der Waals surface area contributed by atoms with Crippen LogP contribution in [0.4, 0.5) is 5.69 Å². The van der Waals surface area contributed by atoms with E-state index in [1.807, 2.05) is 30.3 Å². The van der Waals surface area contributed by atoms with Gasteiger partial charge < -0.3 is 25.0 Å². The van der Waals surface area contributed by atoms with E-state index in [0.717, 1.165) is 41.7 Å².